The Morgan fingerprint density at radius 3 is 3.06 bits per heavy atom. The van der Waals surface area contributed by atoms with E-state index < -0.39 is 0 Å². The van der Waals surface area contributed by atoms with Crippen molar-refractivity contribution >= 4 is 0 Å². The van der Waals surface area contributed by atoms with Crippen molar-refractivity contribution < 1.29 is 0 Å². The molecule has 0 amide bonds. The Hall–Kier alpha value is -1.68. The Morgan fingerprint density at radius 2 is 2.28 bits per heavy atom. The van der Waals surface area contributed by atoms with Gasteiger partial charge in [0.1, 0.15) is 5.82 Å². The molecule has 2 aromatic heterocycles. The molecule has 96 valence electrons. The summed E-state index contributed by atoms with van der Waals surface area (Å²) in [6.07, 6.45) is 9.78. The second-order valence-corrected chi connectivity index (χ2v) is 4.32. The molecule has 4 nitrogen and oxygen atoms in total. The van der Waals surface area contributed by atoms with Crippen LogP contribution in [0.5, 0.6) is 0 Å². The van der Waals surface area contributed by atoms with Crippen molar-refractivity contribution in [2.45, 2.75) is 32.9 Å². The van der Waals surface area contributed by atoms with E-state index in [4.69, 9.17) is 0 Å². The maximum absolute atomic E-state index is 4.39. The van der Waals surface area contributed by atoms with Crippen molar-refractivity contribution in [3.63, 3.8) is 0 Å². The van der Waals surface area contributed by atoms with Gasteiger partial charge in [-0.3, -0.25) is 4.98 Å². The number of aryl methyl sites for hydroxylation is 2. The molecule has 1 N–H and O–H groups in total. The second-order valence-electron chi connectivity index (χ2n) is 4.32. The summed E-state index contributed by atoms with van der Waals surface area (Å²) in [4.78, 5) is 8.52. The summed E-state index contributed by atoms with van der Waals surface area (Å²) >= 11 is 0. The Morgan fingerprint density at radius 1 is 1.33 bits per heavy atom. The maximum atomic E-state index is 4.39. The molecule has 0 atom stereocenters. The van der Waals surface area contributed by atoms with Crippen LogP contribution in [0.25, 0.3) is 0 Å². The summed E-state index contributed by atoms with van der Waals surface area (Å²) in [7, 11) is 0. The fraction of sp³-hybridized carbons (Fsp3) is 0.429. The molecule has 2 rings (SSSR count). The van der Waals surface area contributed by atoms with Gasteiger partial charge < -0.3 is 9.88 Å². The zero-order valence-electron chi connectivity index (χ0n) is 10.8. The van der Waals surface area contributed by atoms with Gasteiger partial charge in [-0.15, -0.1) is 0 Å². The van der Waals surface area contributed by atoms with Gasteiger partial charge in [0, 0.05) is 31.3 Å². The van der Waals surface area contributed by atoms with E-state index in [1.54, 1.807) is 6.20 Å². The van der Waals surface area contributed by atoms with Gasteiger partial charge >= 0.3 is 0 Å². The van der Waals surface area contributed by atoms with Crippen molar-refractivity contribution in [3.8, 4) is 0 Å². The summed E-state index contributed by atoms with van der Waals surface area (Å²) in [5, 5.41) is 3.38. The van der Waals surface area contributed by atoms with E-state index in [2.05, 4.69) is 32.8 Å². The molecule has 0 bridgehead atoms. The van der Waals surface area contributed by atoms with E-state index >= 15 is 0 Å². The number of nitrogens with one attached hydrogen (secondary N) is 1. The van der Waals surface area contributed by atoms with Crippen molar-refractivity contribution in [1.29, 1.82) is 0 Å². The van der Waals surface area contributed by atoms with Gasteiger partial charge in [0.2, 0.25) is 0 Å². The molecule has 0 aliphatic heterocycles. The summed E-state index contributed by atoms with van der Waals surface area (Å²) < 4.78 is 2.20. The zero-order valence-corrected chi connectivity index (χ0v) is 10.8. The largest absolute Gasteiger partial charge is 0.334 e. The quantitative estimate of drug-likeness (QED) is 0.758. The predicted octanol–water partition coefficient (Wildman–Crippen LogP) is 2.02. The monoisotopic (exact) mass is 244 g/mol. The van der Waals surface area contributed by atoms with Crippen LogP contribution in [0.1, 0.15) is 24.7 Å². The van der Waals surface area contributed by atoms with Crippen LogP contribution in [0.4, 0.5) is 0 Å². The molecule has 4 heteroatoms. The highest BCUT2D eigenvalue weighted by Gasteiger charge is 2.02. The van der Waals surface area contributed by atoms with Crippen molar-refractivity contribution in [1.82, 2.24) is 19.9 Å². The second kappa shape index (κ2) is 6.91. The lowest BCUT2D eigenvalue weighted by molar-refractivity contribution is 0.591. The number of imidazole rings is 1. The summed E-state index contributed by atoms with van der Waals surface area (Å²) in [6, 6.07) is 4.09. The van der Waals surface area contributed by atoms with E-state index in [0.29, 0.717) is 0 Å². The van der Waals surface area contributed by atoms with Crippen LogP contribution in [-0.2, 0) is 19.5 Å². The fourth-order valence-corrected chi connectivity index (χ4v) is 1.88. The Bertz CT molecular complexity index is 450. The topological polar surface area (TPSA) is 42.7 Å². The molecule has 18 heavy (non-hydrogen) atoms. The SMILES string of the molecule is CCCNCc1nccn1CCc1cccnc1. The highest BCUT2D eigenvalue weighted by Crippen LogP contribution is 2.03. The molecule has 0 aliphatic rings. The first-order valence-corrected chi connectivity index (χ1v) is 6.49. The lowest BCUT2D eigenvalue weighted by atomic mass is 10.2. The Labute approximate surface area is 108 Å². The van der Waals surface area contributed by atoms with Crippen LogP contribution in [-0.4, -0.2) is 21.1 Å². The molecule has 0 unspecified atom stereocenters. The Balaban J connectivity index is 1.87. The van der Waals surface area contributed by atoms with Gasteiger partial charge in [-0.05, 0) is 31.0 Å². The van der Waals surface area contributed by atoms with Crippen LogP contribution in [0.3, 0.4) is 0 Å². The van der Waals surface area contributed by atoms with Crippen LogP contribution >= 0.6 is 0 Å². The third-order valence-corrected chi connectivity index (χ3v) is 2.88. The van der Waals surface area contributed by atoms with E-state index in [0.717, 1.165) is 38.3 Å². The number of nitrogens with zero attached hydrogens (tertiary/aromatic N) is 3. The average Bonchev–Trinajstić information content (AvgIpc) is 2.86. The third-order valence-electron chi connectivity index (χ3n) is 2.88. The molecule has 0 saturated carbocycles. The van der Waals surface area contributed by atoms with E-state index in [9.17, 15) is 0 Å². The lowest BCUT2D eigenvalue weighted by Gasteiger charge is -2.08. The van der Waals surface area contributed by atoms with Gasteiger partial charge in [-0.1, -0.05) is 13.0 Å². The van der Waals surface area contributed by atoms with Gasteiger partial charge in [0.05, 0.1) is 6.54 Å². The number of pyridine rings is 1. The molecule has 0 saturated heterocycles. The van der Waals surface area contributed by atoms with Crippen molar-refractivity contribution in [2.75, 3.05) is 6.54 Å². The van der Waals surface area contributed by atoms with Crippen LogP contribution < -0.4 is 5.32 Å². The van der Waals surface area contributed by atoms with E-state index in [-0.39, 0.29) is 0 Å². The average molecular weight is 244 g/mol. The summed E-state index contributed by atoms with van der Waals surface area (Å²) in [5.41, 5.74) is 1.26. The molecule has 0 aromatic carbocycles. The summed E-state index contributed by atoms with van der Waals surface area (Å²) in [5.74, 6) is 1.10. The van der Waals surface area contributed by atoms with Crippen LogP contribution in [0.2, 0.25) is 0 Å². The Kier molecular flexibility index (Phi) is 4.90. The third kappa shape index (κ3) is 3.67. The molecule has 2 heterocycles. The minimum Gasteiger partial charge on any atom is -0.334 e. The first-order chi connectivity index (χ1) is 8.90. The van der Waals surface area contributed by atoms with E-state index in [1.807, 2.05) is 24.7 Å². The standard InChI is InChI=1S/C14H20N4/c1-2-6-15-12-14-17-8-10-18(14)9-5-13-4-3-7-16-11-13/h3-4,7-8,10-11,15H,2,5-6,9,12H2,1H3. The maximum Gasteiger partial charge on any atom is 0.122 e. The first-order valence-electron chi connectivity index (χ1n) is 6.49. The smallest absolute Gasteiger partial charge is 0.122 e. The molecule has 0 radical (unpaired) electrons. The number of hydrogen-bond acceptors (Lipinski definition) is 3. The highest BCUT2D eigenvalue weighted by atomic mass is 15.1. The molecule has 0 spiro atoms. The molecular formula is C14H20N4. The van der Waals surface area contributed by atoms with Gasteiger partial charge in [0.25, 0.3) is 0 Å². The van der Waals surface area contributed by atoms with Gasteiger partial charge in [-0.25, -0.2) is 4.98 Å². The van der Waals surface area contributed by atoms with Crippen molar-refractivity contribution in [3.05, 3.63) is 48.3 Å². The highest BCUT2D eigenvalue weighted by molar-refractivity contribution is 5.08. The van der Waals surface area contributed by atoms with Gasteiger partial charge in [0.15, 0.2) is 0 Å². The van der Waals surface area contributed by atoms with Crippen LogP contribution in [0.15, 0.2) is 36.9 Å². The number of aromatic nitrogens is 3. The van der Waals surface area contributed by atoms with Crippen molar-refractivity contribution in [2.24, 2.45) is 0 Å². The zero-order chi connectivity index (χ0) is 12.6. The lowest BCUT2D eigenvalue weighted by Crippen LogP contribution is -2.18. The minimum absolute atomic E-state index is 0.841. The fourth-order valence-electron chi connectivity index (χ4n) is 1.88. The van der Waals surface area contributed by atoms with E-state index in [1.165, 1.54) is 5.56 Å². The van der Waals surface area contributed by atoms with Gasteiger partial charge in [-0.2, -0.15) is 0 Å². The molecule has 0 fully saturated rings. The predicted molar refractivity (Wildman–Crippen MR) is 72.2 cm³/mol. The summed E-state index contributed by atoms with van der Waals surface area (Å²) in [6.45, 7) is 5.00. The molecular weight excluding hydrogens is 224 g/mol. The minimum atomic E-state index is 0.841. The molecule has 2 aromatic rings. The normalized spacial score (nSPS) is 10.7. The number of rotatable bonds is 7. The first kappa shape index (κ1) is 12.8. The number of hydrogen-bond donors (Lipinski definition) is 1. The van der Waals surface area contributed by atoms with Crippen LogP contribution in [0, 0.1) is 0 Å². The molecule has 0 aliphatic carbocycles.